The number of nitrogens with zero attached hydrogens (tertiary/aromatic N) is 2. The van der Waals surface area contributed by atoms with Crippen LogP contribution in [0, 0.1) is 13.8 Å². The van der Waals surface area contributed by atoms with Crippen molar-refractivity contribution >= 4 is 28.5 Å². The first kappa shape index (κ1) is 20.5. The third-order valence-corrected chi connectivity index (χ3v) is 4.53. The number of carbonyl (C=O) groups is 2. The number of nitrogens with one attached hydrogen (secondary N) is 2. The molecule has 1 aromatic heterocycles. The third-order valence-electron chi connectivity index (χ3n) is 4.53. The molecule has 0 bridgehead atoms. The van der Waals surface area contributed by atoms with Gasteiger partial charge in [0.15, 0.2) is 0 Å². The molecular formula is C22H26N4O3. The van der Waals surface area contributed by atoms with Gasteiger partial charge in [-0.3, -0.25) is 9.59 Å². The van der Waals surface area contributed by atoms with Crippen LogP contribution in [-0.2, 0) is 20.9 Å². The normalized spacial score (nSPS) is 12.0. The number of benzene rings is 2. The van der Waals surface area contributed by atoms with Crippen molar-refractivity contribution in [3.63, 3.8) is 0 Å². The van der Waals surface area contributed by atoms with E-state index in [0.29, 0.717) is 5.82 Å². The second kappa shape index (κ2) is 8.87. The monoisotopic (exact) mass is 394 g/mol. The van der Waals surface area contributed by atoms with E-state index in [2.05, 4.69) is 21.7 Å². The van der Waals surface area contributed by atoms with E-state index >= 15 is 0 Å². The fourth-order valence-electron chi connectivity index (χ4n) is 3.46. The number of imidazole rings is 1. The van der Waals surface area contributed by atoms with Crippen LogP contribution in [0.3, 0.4) is 0 Å². The van der Waals surface area contributed by atoms with Gasteiger partial charge in [0.2, 0.25) is 11.8 Å². The van der Waals surface area contributed by atoms with Gasteiger partial charge in [0, 0.05) is 12.8 Å². The van der Waals surface area contributed by atoms with E-state index in [0.717, 1.165) is 27.8 Å². The van der Waals surface area contributed by atoms with Gasteiger partial charge < -0.3 is 19.9 Å². The standard InChI is InChI=1S/C22H26N4O3/c1-14-9-15(2)11-17(10-14)24-20(27)12-26-19-8-6-5-7-18(19)25-22(26)16(3)23-21(28)13-29-4/h5-11,16H,12-13H2,1-4H3,(H,23,28)(H,24,27). The highest BCUT2D eigenvalue weighted by Crippen LogP contribution is 2.21. The minimum Gasteiger partial charge on any atom is -0.375 e. The summed E-state index contributed by atoms with van der Waals surface area (Å²) in [5.41, 5.74) is 4.55. The van der Waals surface area contributed by atoms with E-state index in [1.54, 1.807) is 0 Å². The second-order valence-corrected chi connectivity index (χ2v) is 7.19. The molecule has 3 rings (SSSR count). The number of hydrogen-bond acceptors (Lipinski definition) is 4. The first-order valence-electron chi connectivity index (χ1n) is 9.49. The van der Waals surface area contributed by atoms with Crippen molar-refractivity contribution < 1.29 is 14.3 Å². The van der Waals surface area contributed by atoms with Gasteiger partial charge in [0.25, 0.3) is 0 Å². The van der Waals surface area contributed by atoms with Gasteiger partial charge in [-0.15, -0.1) is 0 Å². The van der Waals surface area contributed by atoms with Gasteiger partial charge >= 0.3 is 0 Å². The van der Waals surface area contributed by atoms with Crippen molar-refractivity contribution in [3.05, 3.63) is 59.4 Å². The number of ether oxygens (including phenoxy) is 1. The molecule has 1 atom stereocenters. The molecule has 0 aliphatic heterocycles. The highest BCUT2D eigenvalue weighted by atomic mass is 16.5. The zero-order valence-electron chi connectivity index (χ0n) is 17.2. The van der Waals surface area contributed by atoms with Crippen molar-refractivity contribution in [2.24, 2.45) is 0 Å². The Balaban J connectivity index is 1.86. The number of aromatic nitrogens is 2. The summed E-state index contributed by atoms with van der Waals surface area (Å²) in [6.07, 6.45) is 0. The molecule has 0 aliphatic rings. The van der Waals surface area contributed by atoms with Gasteiger partial charge in [0.1, 0.15) is 19.0 Å². The maximum absolute atomic E-state index is 12.8. The van der Waals surface area contributed by atoms with E-state index in [1.165, 1.54) is 7.11 Å². The fraction of sp³-hybridized carbons (Fsp3) is 0.318. The van der Waals surface area contributed by atoms with Crippen molar-refractivity contribution in [2.45, 2.75) is 33.4 Å². The molecule has 0 saturated heterocycles. The molecule has 2 N–H and O–H groups in total. The lowest BCUT2D eigenvalue weighted by Crippen LogP contribution is -2.32. The van der Waals surface area contributed by atoms with Crippen molar-refractivity contribution in [2.75, 3.05) is 19.0 Å². The number of hydrogen-bond donors (Lipinski definition) is 2. The number of anilines is 1. The van der Waals surface area contributed by atoms with Crippen LogP contribution in [-0.4, -0.2) is 35.1 Å². The van der Waals surface area contributed by atoms with E-state index in [1.807, 2.05) is 61.7 Å². The average Bonchev–Trinajstić information content (AvgIpc) is 2.99. The third kappa shape index (κ3) is 5.00. The Bertz CT molecular complexity index is 1020. The Kier molecular flexibility index (Phi) is 6.29. The smallest absolute Gasteiger partial charge is 0.246 e. The number of methoxy groups -OCH3 is 1. The summed E-state index contributed by atoms with van der Waals surface area (Å²) in [5, 5.41) is 5.82. The van der Waals surface area contributed by atoms with E-state index in [4.69, 9.17) is 4.74 Å². The molecule has 7 nitrogen and oxygen atoms in total. The summed E-state index contributed by atoms with van der Waals surface area (Å²) in [6.45, 7) is 5.89. The predicted molar refractivity (Wildman–Crippen MR) is 113 cm³/mol. The number of para-hydroxylation sites is 2. The van der Waals surface area contributed by atoms with Crippen LogP contribution in [0.25, 0.3) is 11.0 Å². The lowest BCUT2D eigenvalue weighted by molar-refractivity contribution is -0.125. The van der Waals surface area contributed by atoms with Crippen LogP contribution in [0.1, 0.15) is 29.9 Å². The zero-order chi connectivity index (χ0) is 21.0. The highest BCUT2D eigenvalue weighted by molar-refractivity contribution is 5.92. The average molecular weight is 394 g/mol. The van der Waals surface area contributed by atoms with Crippen LogP contribution in [0.4, 0.5) is 5.69 Å². The summed E-state index contributed by atoms with van der Waals surface area (Å²) in [4.78, 5) is 29.3. The molecular weight excluding hydrogens is 368 g/mol. The number of fused-ring (bicyclic) bond motifs is 1. The molecule has 0 radical (unpaired) electrons. The van der Waals surface area contributed by atoms with Crippen LogP contribution < -0.4 is 10.6 Å². The molecule has 0 spiro atoms. The zero-order valence-corrected chi connectivity index (χ0v) is 17.2. The molecule has 152 valence electrons. The summed E-state index contributed by atoms with van der Waals surface area (Å²) in [5.74, 6) is 0.222. The number of aryl methyl sites for hydroxylation is 2. The Morgan fingerprint density at radius 1 is 1.10 bits per heavy atom. The Hall–Kier alpha value is -3.19. The second-order valence-electron chi connectivity index (χ2n) is 7.19. The predicted octanol–water partition coefficient (Wildman–Crippen LogP) is 3.12. The van der Waals surface area contributed by atoms with Gasteiger partial charge in [-0.25, -0.2) is 4.98 Å². The summed E-state index contributed by atoms with van der Waals surface area (Å²) < 4.78 is 6.71. The molecule has 29 heavy (non-hydrogen) atoms. The van der Waals surface area contributed by atoms with Crippen LogP contribution >= 0.6 is 0 Å². The quantitative estimate of drug-likeness (QED) is 0.645. The maximum Gasteiger partial charge on any atom is 0.246 e. The van der Waals surface area contributed by atoms with Crippen molar-refractivity contribution in [1.29, 1.82) is 0 Å². The molecule has 3 aromatic rings. The molecule has 0 aliphatic carbocycles. The van der Waals surface area contributed by atoms with E-state index in [9.17, 15) is 9.59 Å². The fourth-order valence-corrected chi connectivity index (χ4v) is 3.46. The van der Waals surface area contributed by atoms with Crippen molar-refractivity contribution in [3.8, 4) is 0 Å². The summed E-state index contributed by atoms with van der Waals surface area (Å²) >= 11 is 0. The lowest BCUT2D eigenvalue weighted by atomic mass is 10.1. The Morgan fingerprint density at radius 2 is 1.79 bits per heavy atom. The van der Waals surface area contributed by atoms with E-state index in [-0.39, 0.29) is 31.0 Å². The van der Waals surface area contributed by atoms with Gasteiger partial charge in [-0.05, 0) is 56.2 Å². The molecule has 0 fully saturated rings. The lowest BCUT2D eigenvalue weighted by Gasteiger charge is -2.16. The van der Waals surface area contributed by atoms with Gasteiger partial charge in [0.05, 0.1) is 17.1 Å². The molecule has 1 unspecified atom stereocenters. The Labute approximate surface area is 170 Å². The first-order valence-corrected chi connectivity index (χ1v) is 9.49. The van der Waals surface area contributed by atoms with Gasteiger partial charge in [-0.2, -0.15) is 0 Å². The molecule has 7 heteroatoms. The SMILES string of the molecule is COCC(=O)NC(C)c1nc2ccccc2n1CC(=O)Nc1cc(C)cc(C)c1. The Morgan fingerprint density at radius 3 is 2.48 bits per heavy atom. The summed E-state index contributed by atoms with van der Waals surface area (Å²) in [6, 6.07) is 13.2. The van der Waals surface area contributed by atoms with Gasteiger partial charge in [-0.1, -0.05) is 18.2 Å². The minimum absolute atomic E-state index is 0.0300. The van der Waals surface area contributed by atoms with Crippen LogP contribution in [0.2, 0.25) is 0 Å². The van der Waals surface area contributed by atoms with E-state index < -0.39 is 0 Å². The molecule has 2 amide bonds. The number of carbonyl (C=O) groups excluding carboxylic acids is 2. The highest BCUT2D eigenvalue weighted by Gasteiger charge is 2.20. The molecule has 2 aromatic carbocycles. The molecule has 1 heterocycles. The first-order chi connectivity index (χ1) is 13.9. The topological polar surface area (TPSA) is 85.2 Å². The van der Waals surface area contributed by atoms with Crippen LogP contribution in [0.5, 0.6) is 0 Å². The minimum atomic E-state index is -0.376. The number of amides is 2. The van der Waals surface area contributed by atoms with Crippen molar-refractivity contribution in [1.82, 2.24) is 14.9 Å². The largest absolute Gasteiger partial charge is 0.375 e. The maximum atomic E-state index is 12.8. The summed E-state index contributed by atoms with van der Waals surface area (Å²) in [7, 11) is 1.47. The molecule has 0 saturated carbocycles. The van der Waals surface area contributed by atoms with Crippen LogP contribution in [0.15, 0.2) is 42.5 Å². The number of rotatable bonds is 7.